The third-order valence-electron chi connectivity index (χ3n) is 2.19. The number of carboxylic acid groups (broad SMARTS) is 1. The molecule has 1 unspecified atom stereocenters. The second-order valence-electron chi connectivity index (χ2n) is 3.64. The molecule has 0 aromatic carbocycles. The molecule has 2 amide bonds. The van der Waals surface area contributed by atoms with Gasteiger partial charge in [-0.2, -0.15) is 0 Å². The number of hydrogen-bond donors (Lipinski definition) is 3. The Hall–Kier alpha value is -2.05. The molecule has 1 aromatic heterocycles. The minimum absolute atomic E-state index is 0.118. The highest BCUT2D eigenvalue weighted by Gasteiger charge is 2.14. The summed E-state index contributed by atoms with van der Waals surface area (Å²) >= 11 is 0. The van der Waals surface area contributed by atoms with Crippen molar-refractivity contribution < 1.29 is 19.1 Å². The van der Waals surface area contributed by atoms with Gasteiger partial charge in [-0.15, -0.1) is 0 Å². The van der Waals surface area contributed by atoms with Gasteiger partial charge >= 0.3 is 12.0 Å². The van der Waals surface area contributed by atoms with E-state index in [1.165, 1.54) is 6.92 Å². The van der Waals surface area contributed by atoms with E-state index in [1.54, 1.807) is 13.8 Å². The van der Waals surface area contributed by atoms with Crippen molar-refractivity contribution in [1.29, 1.82) is 0 Å². The molecule has 0 saturated carbocycles. The van der Waals surface area contributed by atoms with Gasteiger partial charge in [0.15, 0.2) is 0 Å². The third kappa shape index (κ3) is 3.78. The normalized spacial score (nSPS) is 11.9. The van der Waals surface area contributed by atoms with Crippen molar-refractivity contribution in [2.45, 2.75) is 33.4 Å². The third-order valence-corrected chi connectivity index (χ3v) is 2.19. The quantitative estimate of drug-likeness (QED) is 0.714. The summed E-state index contributed by atoms with van der Waals surface area (Å²) in [6, 6.07) is -1.52. The van der Waals surface area contributed by atoms with Crippen LogP contribution in [0.3, 0.4) is 0 Å². The van der Waals surface area contributed by atoms with Crippen LogP contribution in [-0.2, 0) is 11.3 Å². The van der Waals surface area contributed by atoms with Crippen molar-refractivity contribution >= 4 is 12.0 Å². The number of rotatable bonds is 4. The fraction of sp³-hybridized carbons (Fsp3) is 0.500. The summed E-state index contributed by atoms with van der Waals surface area (Å²) in [6.45, 7) is 5.07. The fourth-order valence-electron chi connectivity index (χ4n) is 1.08. The van der Waals surface area contributed by atoms with Crippen LogP contribution >= 0.6 is 0 Å². The Balaban J connectivity index is 2.40. The Morgan fingerprint density at radius 3 is 2.59 bits per heavy atom. The van der Waals surface area contributed by atoms with Gasteiger partial charge in [-0.05, 0) is 20.8 Å². The average molecular weight is 241 g/mol. The SMILES string of the molecule is Cc1nc(CNC(=O)NC(C)C(=O)O)oc1C. The molecule has 0 radical (unpaired) electrons. The number of carbonyl (C=O) groups excluding carboxylic acids is 1. The molecule has 94 valence electrons. The zero-order chi connectivity index (χ0) is 13.0. The van der Waals surface area contributed by atoms with E-state index < -0.39 is 18.0 Å². The number of aliphatic carboxylic acids is 1. The number of oxazole rings is 1. The molecule has 0 bridgehead atoms. The molecule has 0 aliphatic carbocycles. The molecule has 1 heterocycles. The molecule has 0 aliphatic rings. The van der Waals surface area contributed by atoms with Crippen molar-refractivity contribution in [2.75, 3.05) is 0 Å². The number of aryl methyl sites for hydroxylation is 2. The van der Waals surface area contributed by atoms with Crippen molar-refractivity contribution in [2.24, 2.45) is 0 Å². The van der Waals surface area contributed by atoms with Gasteiger partial charge < -0.3 is 20.2 Å². The molecule has 0 aliphatic heterocycles. The molecule has 0 saturated heterocycles. The molecule has 7 heteroatoms. The largest absolute Gasteiger partial charge is 0.480 e. The molecule has 7 nitrogen and oxygen atoms in total. The Labute approximate surface area is 98.2 Å². The van der Waals surface area contributed by atoms with Gasteiger partial charge in [-0.3, -0.25) is 4.79 Å². The molecule has 0 fully saturated rings. The standard InChI is InChI=1S/C10H15N3O4/c1-5-7(3)17-8(12-5)4-11-10(16)13-6(2)9(14)15/h6H,4H2,1-3H3,(H,14,15)(H2,11,13,16). The second-order valence-corrected chi connectivity index (χ2v) is 3.64. The van der Waals surface area contributed by atoms with Gasteiger partial charge in [-0.25, -0.2) is 9.78 Å². The van der Waals surface area contributed by atoms with Crippen LogP contribution in [0.15, 0.2) is 4.42 Å². The number of amides is 2. The van der Waals surface area contributed by atoms with Gasteiger partial charge in [0.05, 0.1) is 12.2 Å². The maximum Gasteiger partial charge on any atom is 0.325 e. The van der Waals surface area contributed by atoms with E-state index in [9.17, 15) is 9.59 Å². The Kier molecular flexibility index (Phi) is 4.08. The van der Waals surface area contributed by atoms with Gasteiger partial charge in [0.25, 0.3) is 0 Å². The van der Waals surface area contributed by atoms with Crippen molar-refractivity contribution in [1.82, 2.24) is 15.6 Å². The predicted octanol–water partition coefficient (Wildman–Crippen LogP) is 0.564. The van der Waals surface area contributed by atoms with Crippen LogP contribution in [0.25, 0.3) is 0 Å². The number of urea groups is 1. The number of carboxylic acids is 1. The molecule has 17 heavy (non-hydrogen) atoms. The first-order valence-electron chi connectivity index (χ1n) is 5.10. The monoisotopic (exact) mass is 241 g/mol. The lowest BCUT2D eigenvalue weighted by molar-refractivity contribution is -0.138. The molecule has 1 rings (SSSR count). The molecule has 0 spiro atoms. The highest BCUT2D eigenvalue weighted by Crippen LogP contribution is 2.07. The van der Waals surface area contributed by atoms with Crippen LogP contribution in [-0.4, -0.2) is 28.1 Å². The number of aromatic nitrogens is 1. The fourth-order valence-corrected chi connectivity index (χ4v) is 1.08. The van der Waals surface area contributed by atoms with E-state index in [1.807, 2.05) is 0 Å². The van der Waals surface area contributed by atoms with Crippen LogP contribution in [0, 0.1) is 13.8 Å². The maximum absolute atomic E-state index is 11.3. The van der Waals surface area contributed by atoms with Gasteiger partial charge in [0, 0.05) is 0 Å². The van der Waals surface area contributed by atoms with Crippen LogP contribution in [0.5, 0.6) is 0 Å². The van der Waals surface area contributed by atoms with E-state index in [0.29, 0.717) is 11.7 Å². The zero-order valence-electron chi connectivity index (χ0n) is 9.90. The highest BCUT2D eigenvalue weighted by molar-refractivity contribution is 5.81. The minimum atomic E-state index is -1.09. The Morgan fingerprint density at radius 1 is 1.47 bits per heavy atom. The molecule has 1 atom stereocenters. The molecular formula is C10H15N3O4. The van der Waals surface area contributed by atoms with Crippen LogP contribution in [0.2, 0.25) is 0 Å². The first-order chi connectivity index (χ1) is 7.90. The number of carbonyl (C=O) groups is 2. The van der Waals surface area contributed by atoms with Crippen molar-refractivity contribution in [3.8, 4) is 0 Å². The summed E-state index contributed by atoms with van der Waals surface area (Å²) in [5.74, 6) is -0.0118. The number of hydrogen-bond acceptors (Lipinski definition) is 4. The van der Waals surface area contributed by atoms with E-state index >= 15 is 0 Å². The summed E-state index contributed by atoms with van der Waals surface area (Å²) < 4.78 is 5.25. The van der Waals surface area contributed by atoms with Gasteiger partial charge in [-0.1, -0.05) is 0 Å². The summed E-state index contributed by atoms with van der Waals surface area (Å²) in [5, 5.41) is 13.3. The molecule has 1 aromatic rings. The van der Waals surface area contributed by atoms with Crippen molar-refractivity contribution in [3.63, 3.8) is 0 Å². The predicted molar refractivity (Wildman–Crippen MR) is 58.4 cm³/mol. The van der Waals surface area contributed by atoms with E-state index in [2.05, 4.69) is 15.6 Å². The summed E-state index contributed by atoms with van der Waals surface area (Å²) in [4.78, 5) is 25.8. The lowest BCUT2D eigenvalue weighted by Crippen LogP contribution is -2.44. The first kappa shape index (κ1) is 13.0. The lowest BCUT2D eigenvalue weighted by atomic mass is 10.3. The molecular weight excluding hydrogens is 226 g/mol. The highest BCUT2D eigenvalue weighted by atomic mass is 16.4. The summed E-state index contributed by atoms with van der Waals surface area (Å²) in [5.41, 5.74) is 0.765. The smallest absolute Gasteiger partial charge is 0.325 e. The number of nitrogens with one attached hydrogen (secondary N) is 2. The second kappa shape index (κ2) is 5.33. The summed E-state index contributed by atoms with van der Waals surface area (Å²) in [6.07, 6.45) is 0. The summed E-state index contributed by atoms with van der Waals surface area (Å²) in [7, 11) is 0. The lowest BCUT2D eigenvalue weighted by Gasteiger charge is -2.09. The Morgan fingerprint density at radius 2 is 2.12 bits per heavy atom. The van der Waals surface area contributed by atoms with Crippen LogP contribution in [0.4, 0.5) is 4.79 Å². The van der Waals surface area contributed by atoms with E-state index in [0.717, 1.165) is 5.69 Å². The molecule has 3 N–H and O–H groups in total. The van der Waals surface area contributed by atoms with Gasteiger partial charge in [0.1, 0.15) is 11.8 Å². The van der Waals surface area contributed by atoms with Crippen LogP contribution < -0.4 is 10.6 Å². The van der Waals surface area contributed by atoms with Crippen LogP contribution in [0.1, 0.15) is 24.3 Å². The maximum atomic E-state index is 11.3. The first-order valence-corrected chi connectivity index (χ1v) is 5.10. The minimum Gasteiger partial charge on any atom is -0.480 e. The van der Waals surface area contributed by atoms with E-state index in [4.69, 9.17) is 9.52 Å². The topological polar surface area (TPSA) is 104 Å². The number of nitrogens with zero attached hydrogens (tertiary/aromatic N) is 1. The Bertz CT molecular complexity index is 408. The zero-order valence-corrected chi connectivity index (χ0v) is 9.90. The average Bonchev–Trinajstić information content (AvgIpc) is 2.55. The van der Waals surface area contributed by atoms with E-state index in [-0.39, 0.29) is 6.54 Å². The van der Waals surface area contributed by atoms with Gasteiger partial charge in [0.2, 0.25) is 5.89 Å². The van der Waals surface area contributed by atoms with Crippen molar-refractivity contribution in [3.05, 3.63) is 17.3 Å².